The van der Waals surface area contributed by atoms with Gasteiger partial charge in [-0.25, -0.2) is 9.78 Å². The van der Waals surface area contributed by atoms with E-state index in [0.717, 1.165) is 41.5 Å². The van der Waals surface area contributed by atoms with Gasteiger partial charge in [-0.3, -0.25) is 4.79 Å². The summed E-state index contributed by atoms with van der Waals surface area (Å²) in [6.07, 6.45) is 5.62. The number of carbonyl (C=O) groups is 2. The fourth-order valence-corrected chi connectivity index (χ4v) is 7.09. The van der Waals surface area contributed by atoms with E-state index in [9.17, 15) is 9.59 Å². The topological polar surface area (TPSA) is 77.5 Å². The van der Waals surface area contributed by atoms with Gasteiger partial charge in [0.15, 0.2) is 0 Å². The SMILES string of the molecule is COC(=O)C(Cc1cc(Cl)sc1Cl)NC(=O)c1cc2ccc(Oc3ccc(C(C)(C)C)cc3)cc2c(CC2CCCC2)n1. The number of nitrogens with one attached hydrogen (secondary N) is 1. The fraction of sp³-hybridized carbons (Fsp3) is 0.382. The van der Waals surface area contributed by atoms with E-state index in [1.165, 1.54) is 36.9 Å². The second-order valence-corrected chi connectivity index (χ2v) is 14.5. The summed E-state index contributed by atoms with van der Waals surface area (Å²) >= 11 is 13.6. The highest BCUT2D eigenvalue weighted by Gasteiger charge is 2.26. The van der Waals surface area contributed by atoms with Gasteiger partial charge in [0.1, 0.15) is 23.2 Å². The lowest BCUT2D eigenvalue weighted by atomic mass is 9.87. The minimum atomic E-state index is -0.947. The molecule has 4 aromatic rings. The lowest BCUT2D eigenvalue weighted by Crippen LogP contribution is -2.43. The van der Waals surface area contributed by atoms with Crippen molar-refractivity contribution in [2.75, 3.05) is 7.11 Å². The Balaban J connectivity index is 1.43. The van der Waals surface area contributed by atoms with Crippen LogP contribution in [0, 0.1) is 5.92 Å². The second-order valence-electron chi connectivity index (χ2n) is 12.2. The summed E-state index contributed by atoms with van der Waals surface area (Å²) in [5.74, 6) is 0.948. The maximum atomic E-state index is 13.5. The molecule has 1 atom stereocenters. The minimum absolute atomic E-state index is 0.0633. The molecule has 1 aliphatic rings. The molecule has 5 rings (SSSR count). The average Bonchev–Trinajstić information content (AvgIpc) is 3.60. The Morgan fingerprint density at radius 2 is 1.72 bits per heavy atom. The van der Waals surface area contributed by atoms with Crippen LogP contribution in [0.3, 0.4) is 0 Å². The summed E-state index contributed by atoms with van der Waals surface area (Å²) in [5.41, 5.74) is 3.07. The molecular formula is C34H36Cl2N2O4S. The number of ether oxygens (including phenoxy) is 2. The van der Waals surface area contributed by atoms with E-state index in [-0.39, 0.29) is 17.5 Å². The molecule has 1 unspecified atom stereocenters. The summed E-state index contributed by atoms with van der Waals surface area (Å²) < 4.78 is 12.2. The van der Waals surface area contributed by atoms with Gasteiger partial charge in [0, 0.05) is 17.5 Å². The van der Waals surface area contributed by atoms with Crippen LogP contribution in [-0.2, 0) is 27.8 Å². The van der Waals surface area contributed by atoms with E-state index in [2.05, 4.69) is 38.2 Å². The molecule has 0 aliphatic heterocycles. The Labute approximate surface area is 266 Å². The summed E-state index contributed by atoms with van der Waals surface area (Å²) in [4.78, 5) is 31.0. The van der Waals surface area contributed by atoms with E-state index < -0.39 is 17.9 Å². The van der Waals surface area contributed by atoms with Crippen molar-refractivity contribution >= 4 is 57.2 Å². The Morgan fingerprint density at radius 1 is 1.02 bits per heavy atom. The number of carbonyl (C=O) groups excluding carboxylic acids is 2. The van der Waals surface area contributed by atoms with E-state index in [0.29, 0.717) is 25.9 Å². The predicted molar refractivity (Wildman–Crippen MR) is 174 cm³/mol. The maximum absolute atomic E-state index is 13.5. The minimum Gasteiger partial charge on any atom is -0.467 e. The molecule has 0 saturated heterocycles. The van der Waals surface area contributed by atoms with Gasteiger partial charge < -0.3 is 14.8 Å². The molecule has 2 aromatic carbocycles. The first kappa shape index (κ1) is 31.3. The first-order valence-corrected chi connectivity index (χ1v) is 16.1. The van der Waals surface area contributed by atoms with Crippen LogP contribution in [0.4, 0.5) is 0 Å². The molecule has 0 radical (unpaired) electrons. The summed E-state index contributed by atoms with van der Waals surface area (Å²) in [5, 5.41) is 4.65. The van der Waals surface area contributed by atoms with E-state index in [1.807, 2.05) is 30.3 Å². The number of esters is 1. The summed E-state index contributed by atoms with van der Waals surface area (Å²) in [7, 11) is 1.29. The van der Waals surface area contributed by atoms with E-state index >= 15 is 0 Å². The van der Waals surface area contributed by atoms with Crippen molar-refractivity contribution in [2.24, 2.45) is 5.92 Å². The molecule has 2 heterocycles. The lowest BCUT2D eigenvalue weighted by molar-refractivity contribution is -0.142. The number of fused-ring (bicyclic) bond motifs is 1. The fourth-order valence-electron chi connectivity index (χ4n) is 5.58. The van der Waals surface area contributed by atoms with Crippen LogP contribution in [0.5, 0.6) is 11.5 Å². The van der Waals surface area contributed by atoms with Gasteiger partial charge in [-0.1, -0.05) is 87.9 Å². The molecule has 43 heavy (non-hydrogen) atoms. The number of benzene rings is 2. The van der Waals surface area contributed by atoms with Crippen molar-refractivity contribution in [2.45, 2.75) is 70.8 Å². The van der Waals surface area contributed by atoms with Crippen molar-refractivity contribution in [3.05, 3.63) is 85.8 Å². The number of amides is 1. The molecule has 226 valence electrons. The van der Waals surface area contributed by atoms with Crippen LogP contribution in [-0.4, -0.2) is 30.0 Å². The van der Waals surface area contributed by atoms with Gasteiger partial charge in [0.05, 0.1) is 15.8 Å². The molecule has 0 spiro atoms. The number of hydrogen-bond acceptors (Lipinski definition) is 6. The van der Waals surface area contributed by atoms with Gasteiger partial charge in [0.25, 0.3) is 5.91 Å². The van der Waals surface area contributed by atoms with Gasteiger partial charge in [-0.05, 0) is 70.7 Å². The standard InChI is InChI=1S/C34H36Cl2N2O4S/c1-34(2,3)23-10-13-24(14-11-23)42-25-12-9-21-16-28(37-27(26(21)19-25)15-20-7-5-6-8-20)32(39)38-29(33(40)41-4)17-22-18-30(35)43-31(22)36/h9-14,16,18-20,29H,5-8,15,17H2,1-4H3,(H,38,39). The molecule has 6 nitrogen and oxygen atoms in total. The smallest absolute Gasteiger partial charge is 0.328 e. The second kappa shape index (κ2) is 13.2. The molecule has 0 bridgehead atoms. The third-order valence-electron chi connectivity index (χ3n) is 7.97. The van der Waals surface area contributed by atoms with Crippen LogP contribution in [0.1, 0.15) is 73.8 Å². The average molecular weight is 640 g/mol. The Bertz CT molecular complexity index is 1620. The number of pyridine rings is 1. The van der Waals surface area contributed by atoms with Crippen LogP contribution < -0.4 is 10.1 Å². The monoisotopic (exact) mass is 638 g/mol. The molecule has 9 heteroatoms. The first-order valence-electron chi connectivity index (χ1n) is 14.5. The van der Waals surface area contributed by atoms with Gasteiger partial charge in [0.2, 0.25) is 0 Å². The number of methoxy groups -OCH3 is 1. The van der Waals surface area contributed by atoms with Crippen LogP contribution in [0.15, 0.2) is 54.6 Å². The number of nitrogens with zero attached hydrogens (tertiary/aromatic N) is 1. The quantitative estimate of drug-likeness (QED) is 0.185. The highest BCUT2D eigenvalue weighted by molar-refractivity contribution is 7.20. The molecule has 1 N–H and O–H groups in total. The highest BCUT2D eigenvalue weighted by atomic mass is 35.5. The molecule has 1 fully saturated rings. The number of thiophene rings is 1. The number of halogens is 2. The number of aromatic nitrogens is 1. The van der Waals surface area contributed by atoms with Gasteiger partial charge in [-0.15, -0.1) is 11.3 Å². The zero-order valence-corrected chi connectivity index (χ0v) is 27.2. The van der Waals surface area contributed by atoms with Crippen LogP contribution in [0.2, 0.25) is 8.67 Å². The summed E-state index contributed by atoms with van der Waals surface area (Å²) in [6.45, 7) is 6.56. The highest BCUT2D eigenvalue weighted by Crippen LogP contribution is 2.34. The van der Waals surface area contributed by atoms with Crippen molar-refractivity contribution in [3.63, 3.8) is 0 Å². The maximum Gasteiger partial charge on any atom is 0.328 e. The number of hydrogen-bond donors (Lipinski definition) is 1. The molecule has 1 saturated carbocycles. The molecular weight excluding hydrogens is 603 g/mol. The van der Waals surface area contributed by atoms with Gasteiger partial charge >= 0.3 is 5.97 Å². The molecule has 1 amide bonds. The lowest BCUT2D eigenvalue weighted by Gasteiger charge is -2.19. The third kappa shape index (κ3) is 7.69. The third-order valence-corrected chi connectivity index (χ3v) is 9.54. The Kier molecular flexibility index (Phi) is 9.64. The zero-order chi connectivity index (χ0) is 30.7. The van der Waals surface area contributed by atoms with Crippen molar-refractivity contribution in [1.82, 2.24) is 10.3 Å². The number of rotatable bonds is 9. The predicted octanol–water partition coefficient (Wildman–Crippen LogP) is 8.94. The Hall–Kier alpha value is -3.13. The zero-order valence-electron chi connectivity index (χ0n) is 24.8. The molecule has 1 aliphatic carbocycles. The van der Waals surface area contributed by atoms with Crippen molar-refractivity contribution in [1.29, 1.82) is 0 Å². The van der Waals surface area contributed by atoms with Crippen molar-refractivity contribution in [3.8, 4) is 11.5 Å². The first-order chi connectivity index (χ1) is 20.5. The van der Waals surface area contributed by atoms with E-state index in [4.69, 9.17) is 37.7 Å². The van der Waals surface area contributed by atoms with Gasteiger partial charge in [-0.2, -0.15) is 0 Å². The van der Waals surface area contributed by atoms with Crippen LogP contribution >= 0.6 is 34.5 Å². The van der Waals surface area contributed by atoms with E-state index in [1.54, 1.807) is 12.1 Å². The largest absolute Gasteiger partial charge is 0.467 e. The van der Waals surface area contributed by atoms with Crippen molar-refractivity contribution < 1.29 is 19.1 Å². The van der Waals surface area contributed by atoms with Crippen LogP contribution in [0.25, 0.3) is 10.8 Å². The molecule has 2 aromatic heterocycles. The normalized spacial score (nSPS) is 14.6. The summed E-state index contributed by atoms with van der Waals surface area (Å²) in [6, 6.07) is 16.5. The Morgan fingerprint density at radius 3 is 2.35 bits per heavy atom.